The smallest absolute Gasteiger partial charge is 0.214 e. The first-order chi connectivity index (χ1) is 5.26. The summed E-state index contributed by atoms with van der Waals surface area (Å²) in [5, 5.41) is 0. The zero-order chi connectivity index (χ0) is 8.27. The van der Waals surface area contributed by atoms with Gasteiger partial charge in [0, 0.05) is 0 Å². The van der Waals surface area contributed by atoms with Crippen molar-refractivity contribution in [2.24, 2.45) is 0 Å². The van der Waals surface area contributed by atoms with E-state index in [4.69, 9.17) is 9.47 Å². The average molecular weight is 165 g/mol. The van der Waals surface area contributed by atoms with Gasteiger partial charge in [-0.25, -0.2) is 0 Å². The quantitative estimate of drug-likeness (QED) is 0.573. The van der Waals surface area contributed by atoms with Gasteiger partial charge in [0.25, 0.3) is 0 Å². The van der Waals surface area contributed by atoms with Crippen molar-refractivity contribution in [1.29, 1.82) is 0 Å². The van der Waals surface area contributed by atoms with Crippen LogP contribution in [0.2, 0.25) is 0 Å². The molecule has 0 aliphatic carbocycles. The first kappa shape index (κ1) is 8.38. The number of hydrogen-bond donors (Lipinski definition) is 0. The monoisotopic (exact) mass is 165 g/mol. The van der Waals surface area contributed by atoms with Crippen LogP contribution in [0, 0.1) is 0 Å². The Morgan fingerprint density at radius 3 is 2.00 bits per heavy atom. The van der Waals surface area contributed by atoms with Crippen LogP contribution in [0.25, 0.3) is 0 Å². The molecule has 0 saturated heterocycles. The molecular weight excluding hydrogens is 157 g/mol. The number of rotatable bonds is 2. The number of hydrogen-bond acceptors (Lipinski definition) is 3. The van der Waals surface area contributed by atoms with Crippen molar-refractivity contribution in [2.75, 3.05) is 14.2 Å². The van der Waals surface area contributed by atoms with E-state index in [1.54, 1.807) is 14.2 Å². The normalized spacial score (nSPS) is 9.27. The molecule has 1 heterocycles. The summed E-state index contributed by atoms with van der Waals surface area (Å²) in [6.07, 6.45) is 0. The van der Waals surface area contributed by atoms with Gasteiger partial charge < -0.3 is 9.47 Å². The van der Waals surface area contributed by atoms with Gasteiger partial charge in [-0.3, -0.25) is 0 Å². The van der Waals surface area contributed by atoms with Crippen molar-refractivity contribution in [2.45, 2.75) is 0 Å². The summed E-state index contributed by atoms with van der Waals surface area (Å²) in [5.74, 6) is 1.13. The van der Waals surface area contributed by atoms with Crippen molar-refractivity contribution in [1.82, 2.24) is 4.98 Å². The fourth-order valence-electron chi connectivity index (χ4n) is 0.709. The summed E-state index contributed by atoms with van der Waals surface area (Å²) in [6.45, 7) is 0. The lowest BCUT2D eigenvalue weighted by molar-refractivity contribution is 0.365. The molecular formula is C7H8AlNO2. The second-order valence-corrected chi connectivity index (χ2v) is 2.65. The molecule has 0 bridgehead atoms. The van der Waals surface area contributed by atoms with E-state index in [1.807, 2.05) is 12.1 Å². The van der Waals surface area contributed by atoms with Crippen LogP contribution in [0.3, 0.4) is 0 Å². The highest BCUT2D eigenvalue weighted by atomic mass is 27.0. The van der Waals surface area contributed by atoms with Crippen molar-refractivity contribution in [3.63, 3.8) is 0 Å². The Labute approximate surface area is 73.8 Å². The molecule has 0 N–H and O–H groups in total. The van der Waals surface area contributed by atoms with Crippen LogP contribution >= 0.6 is 0 Å². The third kappa shape index (κ3) is 2.11. The Morgan fingerprint density at radius 1 is 1.18 bits per heavy atom. The van der Waals surface area contributed by atoms with E-state index < -0.39 is 0 Å². The maximum atomic E-state index is 4.93. The minimum Gasteiger partial charge on any atom is -0.481 e. The van der Waals surface area contributed by atoms with Gasteiger partial charge in [0.2, 0.25) is 11.8 Å². The number of nitrogens with zero attached hydrogens (tertiary/aromatic N) is 1. The predicted molar refractivity (Wildman–Crippen MR) is 42.7 cm³/mol. The molecule has 56 valence electrons. The van der Waals surface area contributed by atoms with Crippen molar-refractivity contribution in [3.05, 3.63) is 12.1 Å². The molecule has 11 heavy (non-hydrogen) atoms. The molecule has 1 aromatic heterocycles. The molecule has 3 nitrogen and oxygen atoms in total. The second kappa shape index (κ2) is 3.61. The molecule has 0 fully saturated rings. The number of ether oxygens (including phenoxy) is 2. The molecule has 0 aromatic carbocycles. The summed E-state index contributed by atoms with van der Waals surface area (Å²) < 4.78 is 10.9. The highest BCUT2D eigenvalue weighted by Crippen LogP contribution is 2.09. The van der Waals surface area contributed by atoms with E-state index in [9.17, 15) is 0 Å². The third-order valence-electron chi connectivity index (χ3n) is 1.22. The molecule has 1 aromatic rings. The van der Waals surface area contributed by atoms with E-state index in [0.29, 0.717) is 11.8 Å². The lowest BCUT2D eigenvalue weighted by Crippen LogP contribution is -2.05. The predicted octanol–water partition coefficient (Wildman–Crippen LogP) is -0.107. The number of aromatic nitrogens is 1. The van der Waals surface area contributed by atoms with Crippen LogP contribution < -0.4 is 13.9 Å². The SMILES string of the molecule is COc1c[c]([Al])cc(OC)n1. The topological polar surface area (TPSA) is 31.4 Å². The van der Waals surface area contributed by atoms with E-state index in [2.05, 4.69) is 21.3 Å². The number of methoxy groups -OCH3 is 2. The van der Waals surface area contributed by atoms with Gasteiger partial charge in [-0.2, -0.15) is 4.98 Å². The van der Waals surface area contributed by atoms with Gasteiger partial charge in [-0.1, -0.05) is 0 Å². The molecule has 0 saturated carbocycles. The van der Waals surface area contributed by atoms with E-state index in [0.717, 1.165) is 4.43 Å². The zero-order valence-electron chi connectivity index (χ0n) is 6.50. The van der Waals surface area contributed by atoms with Crippen LogP contribution in [-0.2, 0) is 0 Å². The van der Waals surface area contributed by atoms with Crippen LogP contribution in [0.1, 0.15) is 0 Å². The van der Waals surface area contributed by atoms with Gasteiger partial charge >= 0.3 is 0 Å². The van der Waals surface area contributed by atoms with Crippen molar-refractivity contribution >= 4 is 20.7 Å². The van der Waals surface area contributed by atoms with Crippen LogP contribution in [0.5, 0.6) is 11.8 Å². The lowest BCUT2D eigenvalue weighted by atomic mass is 10.4. The van der Waals surface area contributed by atoms with Crippen molar-refractivity contribution in [3.8, 4) is 11.8 Å². The van der Waals surface area contributed by atoms with Crippen LogP contribution in [0.4, 0.5) is 0 Å². The second-order valence-electron chi connectivity index (χ2n) is 1.99. The molecule has 0 atom stereocenters. The van der Waals surface area contributed by atoms with Crippen LogP contribution in [-0.4, -0.2) is 35.5 Å². The summed E-state index contributed by atoms with van der Waals surface area (Å²) in [6, 6.07) is 3.63. The first-order valence-electron chi connectivity index (χ1n) is 3.12. The Morgan fingerprint density at radius 2 is 1.64 bits per heavy atom. The Bertz CT molecular complexity index is 230. The fraction of sp³-hybridized carbons (Fsp3) is 0.286. The molecule has 0 aliphatic rings. The maximum absolute atomic E-state index is 4.93. The standard InChI is InChI=1S/C7H8NO2.Al/c1-9-6-4-3-5-7(8-6)10-2;/h4-5H,1-2H3;. The van der Waals surface area contributed by atoms with Gasteiger partial charge in [0.1, 0.15) is 0 Å². The summed E-state index contributed by atoms with van der Waals surface area (Å²) in [5.41, 5.74) is 0. The Balaban J connectivity index is 3.02. The van der Waals surface area contributed by atoms with Crippen LogP contribution in [0.15, 0.2) is 12.1 Å². The summed E-state index contributed by atoms with van der Waals surface area (Å²) >= 11 is 2.56. The summed E-state index contributed by atoms with van der Waals surface area (Å²) in [4.78, 5) is 4.01. The number of pyridine rings is 1. The third-order valence-corrected chi connectivity index (χ3v) is 1.55. The molecule has 0 unspecified atom stereocenters. The molecule has 1 rings (SSSR count). The first-order valence-corrected chi connectivity index (χ1v) is 3.69. The van der Waals surface area contributed by atoms with E-state index in [1.165, 1.54) is 0 Å². The minimum absolute atomic E-state index is 0.564. The van der Waals surface area contributed by atoms with Gasteiger partial charge in [-0.05, 0) is 12.1 Å². The largest absolute Gasteiger partial charge is 0.481 e. The molecule has 0 aliphatic heterocycles. The lowest BCUT2D eigenvalue weighted by Gasteiger charge is -2.03. The van der Waals surface area contributed by atoms with E-state index >= 15 is 0 Å². The Hall–Kier alpha value is -0.718. The van der Waals surface area contributed by atoms with Crippen molar-refractivity contribution < 1.29 is 9.47 Å². The zero-order valence-corrected chi connectivity index (χ0v) is 7.65. The molecule has 0 spiro atoms. The molecule has 0 amide bonds. The highest BCUT2D eigenvalue weighted by Gasteiger charge is 1.97. The maximum Gasteiger partial charge on any atom is 0.214 e. The van der Waals surface area contributed by atoms with Gasteiger partial charge in [0.05, 0.1) is 14.2 Å². The van der Waals surface area contributed by atoms with Gasteiger partial charge in [0.15, 0.2) is 16.3 Å². The average Bonchev–Trinajstić information content (AvgIpc) is 2.03. The minimum atomic E-state index is 0.564. The fourth-order valence-corrected chi connectivity index (χ4v) is 0.994. The van der Waals surface area contributed by atoms with E-state index in [-0.39, 0.29) is 0 Å². The highest BCUT2D eigenvalue weighted by molar-refractivity contribution is 6.32. The Kier molecular flexibility index (Phi) is 2.75. The molecule has 4 heteroatoms. The summed E-state index contributed by atoms with van der Waals surface area (Å²) in [7, 11) is 3.15. The molecule has 2 radical (unpaired) electrons. The van der Waals surface area contributed by atoms with Gasteiger partial charge in [-0.15, -0.1) is 4.43 Å².